The predicted molar refractivity (Wildman–Crippen MR) is 96.9 cm³/mol. The van der Waals surface area contributed by atoms with Crippen LogP contribution >= 0.6 is 0 Å². The van der Waals surface area contributed by atoms with Crippen molar-refractivity contribution in [2.45, 2.75) is 18.8 Å². The molecule has 0 amide bonds. The quantitative estimate of drug-likeness (QED) is 0.601. The van der Waals surface area contributed by atoms with Crippen molar-refractivity contribution in [2.75, 3.05) is 20.6 Å². The van der Waals surface area contributed by atoms with E-state index in [1.807, 2.05) is 38.4 Å². The Labute approximate surface area is 147 Å². The number of ketones is 2. The molecule has 0 bridgehead atoms. The number of nitrogens with zero attached hydrogens (tertiary/aromatic N) is 3. The van der Waals surface area contributed by atoms with E-state index >= 15 is 0 Å². The first kappa shape index (κ1) is 17.3. The molecule has 1 aliphatic rings. The van der Waals surface area contributed by atoms with E-state index in [4.69, 9.17) is 0 Å². The van der Waals surface area contributed by atoms with Gasteiger partial charge in [-0.3, -0.25) is 14.3 Å². The van der Waals surface area contributed by atoms with Crippen LogP contribution in [0.2, 0.25) is 0 Å². The number of aryl methyl sites for hydroxylation is 1. The molecule has 0 saturated carbocycles. The largest absolute Gasteiger partial charge is 0.309 e. The minimum Gasteiger partial charge on any atom is -0.309 e. The van der Waals surface area contributed by atoms with Gasteiger partial charge < -0.3 is 4.90 Å². The number of hydrogen-bond acceptors (Lipinski definition) is 4. The van der Waals surface area contributed by atoms with Crippen LogP contribution in [0.3, 0.4) is 0 Å². The zero-order valence-electron chi connectivity index (χ0n) is 14.9. The van der Waals surface area contributed by atoms with E-state index in [0.29, 0.717) is 11.1 Å². The highest BCUT2D eigenvalue weighted by atomic mass is 16.1. The second kappa shape index (κ2) is 7.15. The van der Waals surface area contributed by atoms with Crippen LogP contribution in [0.1, 0.15) is 45.2 Å². The molecule has 0 spiro atoms. The summed E-state index contributed by atoms with van der Waals surface area (Å²) in [7, 11) is 5.88. The molecule has 130 valence electrons. The Balaban J connectivity index is 1.93. The predicted octanol–water partition coefficient (Wildman–Crippen LogP) is 2.85. The van der Waals surface area contributed by atoms with Crippen LogP contribution in [0.25, 0.3) is 0 Å². The lowest BCUT2D eigenvalue weighted by molar-refractivity contribution is 0.0958. The second-order valence-corrected chi connectivity index (χ2v) is 6.76. The first-order valence-corrected chi connectivity index (χ1v) is 8.52. The fourth-order valence-electron chi connectivity index (χ4n) is 3.23. The summed E-state index contributed by atoms with van der Waals surface area (Å²) in [5, 5.41) is 4.47. The number of aromatic nitrogens is 2. The minimum absolute atomic E-state index is 0.00323. The topological polar surface area (TPSA) is 55.2 Å². The molecule has 0 fully saturated rings. The van der Waals surface area contributed by atoms with Gasteiger partial charge in [0, 0.05) is 24.7 Å². The van der Waals surface area contributed by atoms with Gasteiger partial charge in [0.2, 0.25) is 0 Å². The summed E-state index contributed by atoms with van der Waals surface area (Å²) in [6.07, 6.45) is 5.39. The molecule has 0 N–H and O–H groups in total. The van der Waals surface area contributed by atoms with E-state index in [9.17, 15) is 9.59 Å². The molecule has 5 nitrogen and oxygen atoms in total. The molecule has 0 saturated heterocycles. The minimum atomic E-state index is -0.221. The first-order chi connectivity index (χ1) is 12.0. The van der Waals surface area contributed by atoms with Gasteiger partial charge in [-0.2, -0.15) is 5.10 Å². The van der Waals surface area contributed by atoms with Crippen molar-refractivity contribution in [1.82, 2.24) is 14.7 Å². The Bertz CT molecular complexity index is 819. The fourth-order valence-corrected chi connectivity index (χ4v) is 3.23. The molecule has 5 heteroatoms. The monoisotopic (exact) mass is 337 g/mol. The molecule has 1 aromatic heterocycles. The maximum absolute atomic E-state index is 12.8. The summed E-state index contributed by atoms with van der Waals surface area (Å²) >= 11 is 0. The van der Waals surface area contributed by atoms with Crippen molar-refractivity contribution in [1.29, 1.82) is 0 Å². The van der Waals surface area contributed by atoms with Crippen molar-refractivity contribution in [2.24, 2.45) is 7.05 Å². The van der Waals surface area contributed by atoms with Gasteiger partial charge >= 0.3 is 0 Å². The number of hydrogen-bond donors (Lipinski definition) is 0. The highest BCUT2D eigenvalue weighted by Gasteiger charge is 2.33. The summed E-state index contributed by atoms with van der Waals surface area (Å²) in [4.78, 5) is 27.8. The number of fused-ring (bicyclic) bond motifs is 1. The van der Waals surface area contributed by atoms with Crippen molar-refractivity contribution in [3.05, 3.63) is 65.0 Å². The van der Waals surface area contributed by atoms with Gasteiger partial charge in [0.1, 0.15) is 0 Å². The molecule has 1 atom stereocenters. The lowest BCUT2D eigenvalue weighted by Gasteiger charge is -2.20. The molecular formula is C20H23N3O2. The lowest BCUT2D eigenvalue weighted by Crippen LogP contribution is -2.21. The Kier molecular flexibility index (Phi) is 4.95. The maximum atomic E-state index is 12.8. The number of Topliss-reactive ketones (excluding diaryl/α,β-unsaturated/α-hetero) is 2. The Morgan fingerprint density at radius 2 is 1.96 bits per heavy atom. The zero-order chi connectivity index (χ0) is 18.0. The number of carbonyl (C=O) groups is 2. The van der Waals surface area contributed by atoms with Gasteiger partial charge in [-0.05, 0) is 33.5 Å². The number of rotatable bonds is 6. The molecule has 25 heavy (non-hydrogen) atoms. The van der Waals surface area contributed by atoms with Crippen LogP contribution < -0.4 is 0 Å². The summed E-state index contributed by atoms with van der Waals surface area (Å²) in [6, 6.07) is 8.97. The van der Waals surface area contributed by atoms with Gasteiger partial charge in [0.25, 0.3) is 0 Å². The second-order valence-electron chi connectivity index (χ2n) is 6.76. The fraction of sp³-hybridized carbons (Fsp3) is 0.350. The molecule has 1 aliphatic carbocycles. The Morgan fingerprint density at radius 1 is 1.24 bits per heavy atom. The standard InChI is InChI=1S/C20H23N3O2/c1-22(2)11-7-10-15-12-16(19(24)14-8-5-4-6-9-14)20(25)17-13-23(3)21-18(15)17/h4-6,8-9,12-13,15H,7,10-11H2,1-3H3. The summed E-state index contributed by atoms with van der Waals surface area (Å²) in [5.74, 6) is -0.435. The highest BCUT2D eigenvalue weighted by Crippen LogP contribution is 2.33. The summed E-state index contributed by atoms with van der Waals surface area (Å²) < 4.78 is 1.66. The molecule has 1 unspecified atom stereocenters. The van der Waals surface area contributed by atoms with Crippen LogP contribution in [0.5, 0.6) is 0 Å². The van der Waals surface area contributed by atoms with Crippen LogP contribution in [0.15, 0.2) is 48.2 Å². The summed E-state index contributed by atoms with van der Waals surface area (Å²) in [5.41, 5.74) is 2.15. The Hall–Kier alpha value is -2.53. The van der Waals surface area contributed by atoms with Gasteiger partial charge in [-0.25, -0.2) is 0 Å². The average molecular weight is 337 g/mol. The van der Waals surface area contributed by atoms with Crippen LogP contribution in [-0.4, -0.2) is 46.9 Å². The van der Waals surface area contributed by atoms with Crippen LogP contribution in [0, 0.1) is 0 Å². The SMILES string of the molecule is CN(C)CCCC1C=C(C(=O)c2ccccc2)C(=O)c2cn(C)nc21. The molecule has 0 aliphatic heterocycles. The van der Waals surface area contributed by atoms with Crippen molar-refractivity contribution < 1.29 is 9.59 Å². The molecule has 0 radical (unpaired) electrons. The molecule has 1 aromatic carbocycles. The van der Waals surface area contributed by atoms with Crippen molar-refractivity contribution >= 4 is 11.6 Å². The van der Waals surface area contributed by atoms with Crippen LogP contribution in [0.4, 0.5) is 0 Å². The average Bonchev–Trinajstić information content (AvgIpc) is 2.99. The van der Waals surface area contributed by atoms with Gasteiger partial charge in [0.15, 0.2) is 11.6 Å². The molecule has 1 heterocycles. The zero-order valence-corrected chi connectivity index (χ0v) is 14.9. The molecule has 2 aromatic rings. The van der Waals surface area contributed by atoms with Crippen molar-refractivity contribution in [3.8, 4) is 0 Å². The van der Waals surface area contributed by atoms with E-state index < -0.39 is 0 Å². The number of carbonyl (C=O) groups excluding carboxylic acids is 2. The third-order valence-corrected chi connectivity index (χ3v) is 4.47. The highest BCUT2D eigenvalue weighted by molar-refractivity contribution is 6.31. The van der Waals surface area contributed by atoms with E-state index in [1.54, 1.807) is 30.1 Å². The van der Waals surface area contributed by atoms with E-state index in [2.05, 4.69) is 10.00 Å². The van der Waals surface area contributed by atoms with Crippen molar-refractivity contribution in [3.63, 3.8) is 0 Å². The molecule has 3 rings (SSSR count). The normalized spacial score (nSPS) is 16.7. The van der Waals surface area contributed by atoms with E-state index in [-0.39, 0.29) is 23.1 Å². The van der Waals surface area contributed by atoms with Crippen LogP contribution in [-0.2, 0) is 7.05 Å². The third-order valence-electron chi connectivity index (χ3n) is 4.47. The van der Waals surface area contributed by atoms with E-state index in [1.165, 1.54) is 0 Å². The smallest absolute Gasteiger partial charge is 0.200 e. The first-order valence-electron chi connectivity index (χ1n) is 8.52. The Morgan fingerprint density at radius 3 is 2.64 bits per heavy atom. The van der Waals surface area contributed by atoms with Gasteiger partial charge in [-0.1, -0.05) is 36.4 Å². The maximum Gasteiger partial charge on any atom is 0.200 e. The number of allylic oxidation sites excluding steroid dienone is 2. The summed E-state index contributed by atoms with van der Waals surface area (Å²) in [6.45, 7) is 0.961. The number of benzene rings is 1. The van der Waals surface area contributed by atoms with Gasteiger partial charge in [0.05, 0.1) is 16.8 Å². The van der Waals surface area contributed by atoms with E-state index in [0.717, 1.165) is 25.1 Å². The molecular weight excluding hydrogens is 314 g/mol. The lowest BCUT2D eigenvalue weighted by atomic mass is 9.83. The third kappa shape index (κ3) is 3.61. The van der Waals surface area contributed by atoms with Gasteiger partial charge in [-0.15, -0.1) is 0 Å².